The van der Waals surface area contributed by atoms with Crippen molar-refractivity contribution in [1.29, 1.82) is 0 Å². The Morgan fingerprint density at radius 2 is 1.38 bits per heavy atom. The average molecular weight is 288 g/mol. The minimum absolute atomic E-state index is 0.647. The maximum atomic E-state index is 3.75. The molecule has 0 saturated carbocycles. The van der Waals surface area contributed by atoms with Crippen molar-refractivity contribution in [2.45, 2.75) is 66.0 Å². The van der Waals surface area contributed by atoms with Crippen molar-refractivity contribution in [3.05, 3.63) is 0 Å². The number of nitrogens with one attached hydrogen (secondary N) is 1. The summed E-state index contributed by atoms with van der Waals surface area (Å²) in [5.41, 5.74) is 0. The maximum Gasteiger partial charge on any atom is 0.129 e. The van der Waals surface area contributed by atoms with Crippen LogP contribution in [0, 0.1) is 0 Å². The minimum Gasteiger partial charge on any atom is -0.365 e. The first-order chi connectivity index (χ1) is 7.08. The molecule has 0 aliphatic heterocycles. The van der Waals surface area contributed by atoms with Gasteiger partial charge in [0.25, 0.3) is 0 Å². The van der Waals surface area contributed by atoms with Crippen LogP contribution < -0.4 is 4.65 Å². The normalized spacial score (nSPS) is 14.2. The molecule has 0 heterocycles. The van der Waals surface area contributed by atoms with Gasteiger partial charge in [-0.2, -0.15) is 0 Å². The zero-order valence-electron chi connectivity index (χ0n) is 12.1. The summed E-state index contributed by atoms with van der Waals surface area (Å²) in [6, 6.07) is 1.29. The van der Waals surface area contributed by atoms with Gasteiger partial charge in [-0.1, -0.05) is 53.9 Å². The van der Waals surface area contributed by atoms with Crippen LogP contribution in [-0.2, 0) is 0 Å². The van der Waals surface area contributed by atoms with E-state index in [-0.39, 0.29) is 0 Å². The second kappa shape index (κ2) is 6.10. The van der Waals surface area contributed by atoms with E-state index in [9.17, 15) is 0 Å². The molecule has 0 aromatic heterocycles. The van der Waals surface area contributed by atoms with Crippen LogP contribution in [0.5, 0.6) is 0 Å². The molecule has 16 heavy (non-hydrogen) atoms. The number of rotatable bonds is 6. The Balaban J connectivity index is 5.12. The summed E-state index contributed by atoms with van der Waals surface area (Å²) in [6.07, 6.45) is 0. The highest BCUT2D eigenvalue weighted by Gasteiger charge is 2.47. The fourth-order valence-corrected chi connectivity index (χ4v) is 19.0. The Bertz CT molecular complexity index is 209. The molecule has 0 rings (SSSR count). The van der Waals surface area contributed by atoms with Crippen molar-refractivity contribution in [2.24, 2.45) is 0 Å². The van der Waals surface area contributed by atoms with Gasteiger partial charge in [-0.05, 0) is 12.1 Å². The first kappa shape index (κ1) is 16.8. The quantitative estimate of drug-likeness (QED) is 0.751. The number of hydrogen-bond acceptors (Lipinski definition) is 2. The first-order valence-electron chi connectivity index (χ1n) is 6.05. The molecule has 0 aromatic rings. The monoisotopic (exact) mass is 287 g/mol. The van der Waals surface area contributed by atoms with Gasteiger partial charge in [0.05, 0.1) is 0 Å². The highest BCUT2D eigenvalue weighted by atomic mass is 29.3. The van der Waals surface area contributed by atoms with Crippen molar-refractivity contribution in [1.82, 2.24) is 9.21 Å². The molecule has 0 aromatic carbocycles. The van der Waals surface area contributed by atoms with Crippen LogP contribution >= 0.6 is 0 Å². The Morgan fingerprint density at radius 3 is 1.62 bits per heavy atom. The molecule has 0 unspecified atom stereocenters. The third-order valence-electron chi connectivity index (χ3n) is 3.66. The van der Waals surface area contributed by atoms with Crippen LogP contribution in [0.4, 0.5) is 0 Å². The molecule has 5 radical (unpaired) electrons. The van der Waals surface area contributed by atoms with E-state index < -0.39 is 15.5 Å². The van der Waals surface area contributed by atoms with E-state index in [1.54, 1.807) is 0 Å². The second-order valence-corrected chi connectivity index (χ2v) is 22.3. The molecule has 0 saturated heterocycles. The van der Waals surface area contributed by atoms with E-state index in [4.69, 9.17) is 0 Å². The van der Waals surface area contributed by atoms with Crippen molar-refractivity contribution in [3.63, 3.8) is 0 Å². The third-order valence-corrected chi connectivity index (χ3v) is 24.2. The molecule has 0 spiro atoms. The molecular weight excluding hydrogens is 260 g/mol. The highest BCUT2D eigenvalue weighted by Crippen LogP contribution is 2.25. The highest BCUT2D eigenvalue weighted by molar-refractivity contribution is 7.40. The Hall–Kier alpha value is 0.788. The molecule has 93 valence electrons. The van der Waals surface area contributed by atoms with Gasteiger partial charge in [-0.3, -0.25) is 0 Å². The maximum absolute atomic E-state index is 3.75. The van der Waals surface area contributed by atoms with Gasteiger partial charge >= 0.3 is 0 Å². The van der Waals surface area contributed by atoms with Crippen LogP contribution in [0.25, 0.3) is 0 Å². The average Bonchev–Trinajstić information content (AvgIpc) is 2.00. The van der Waals surface area contributed by atoms with E-state index in [0.29, 0.717) is 21.3 Å². The summed E-state index contributed by atoms with van der Waals surface area (Å²) in [5.74, 6) is 0. The number of nitrogens with zero attached hydrogens (tertiary/aromatic N) is 1. The topological polar surface area (TPSA) is 15.3 Å². The fourth-order valence-electron chi connectivity index (χ4n) is 2.52. The summed E-state index contributed by atoms with van der Waals surface area (Å²) < 4.78 is 6.53. The zero-order valence-corrected chi connectivity index (χ0v) is 16.1. The molecule has 1 N–H and O–H groups in total. The van der Waals surface area contributed by atoms with Gasteiger partial charge in [0, 0.05) is 9.76 Å². The lowest BCUT2D eigenvalue weighted by molar-refractivity contribution is 0.300. The Kier molecular flexibility index (Phi) is 6.40. The molecule has 0 atom stereocenters. The fraction of sp³-hybridized carbons (Fsp3) is 1.00. The molecule has 6 heteroatoms. The van der Waals surface area contributed by atoms with Gasteiger partial charge < -0.3 is 9.21 Å². The molecule has 0 aliphatic carbocycles. The van der Waals surface area contributed by atoms with E-state index >= 15 is 0 Å². The lowest BCUT2D eigenvalue weighted by Crippen LogP contribution is -2.75. The van der Waals surface area contributed by atoms with Gasteiger partial charge in [0.1, 0.15) is 24.7 Å². The predicted molar refractivity (Wildman–Crippen MR) is 81.7 cm³/mol. The van der Waals surface area contributed by atoms with Crippen LogP contribution in [0.1, 0.15) is 27.7 Å². The second-order valence-electron chi connectivity index (χ2n) is 6.03. The van der Waals surface area contributed by atoms with Crippen LogP contribution in [0.15, 0.2) is 0 Å². The molecule has 0 aliphatic rings. The van der Waals surface area contributed by atoms with Gasteiger partial charge in [0.2, 0.25) is 0 Å². The minimum atomic E-state index is -1.37. The predicted octanol–water partition coefficient (Wildman–Crippen LogP) is 1.89. The first-order valence-corrected chi connectivity index (χ1v) is 15.5. The van der Waals surface area contributed by atoms with E-state index in [2.05, 4.69) is 72.9 Å². The summed E-state index contributed by atoms with van der Waals surface area (Å²) in [7, 11) is 1.58. The third kappa shape index (κ3) is 3.64. The summed E-state index contributed by atoms with van der Waals surface area (Å²) in [4.78, 5) is 0. The number of hydrogen-bond donors (Lipinski definition) is 1. The van der Waals surface area contributed by atoms with Gasteiger partial charge in [0.15, 0.2) is 0 Å². The van der Waals surface area contributed by atoms with Crippen LogP contribution in [-0.4, -0.2) is 51.1 Å². The van der Waals surface area contributed by atoms with Crippen molar-refractivity contribution >= 4 is 34.5 Å². The molecule has 0 bridgehead atoms. The summed E-state index contributed by atoms with van der Waals surface area (Å²) in [5, 5.41) is 0. The van der Waals surface area contributed by atoms with Crippen LogP contribution in [0.2, 0.25) is 26.2 Å². The van der Waals surface area contributed by atoms with Gasteiger partial charge in [-0.25, -0.2) is 0 Å². The SMILES string of the molecule is CC(C)N(C(C)C)[Si](C)(C)[Si](C)(C)N[Si][Si]. The van der Waals surface area contributed by atoms with Crippen molar-refractivity contribution < 1.29 is 0 Å². The molecule has 0 fully saturated rings. The smallest absolute Gasteiger partial charge is 0.129 e. The molecule has 0 amide bonds. The lowest BCUT2D eigenvalue weighted by Gasteiger charge is -2.50. The van der Waals surface area contributed by atoms with Crippen molar-refractivity contribution in [2.75, 3.05) is 0 Å². The van der Waals surface area contributed by atoms with Crippen LogP contribution in [0.3, 0.4) is 0 Å². The Labute approximate surface area is 110 Å². The van der Waals surface area contributed by atoms with E-state index in [0.717, 1.165) is 0 Å². The lowest BCUT2D eigenvalue weighted by atomic mass is 10.3. The van der Waals surface area contributed by atoms with Gasteiger partial charge in [-0.15, -0.1) is 0 Å². The van der Waals surface area contributed by atoms with E-state index in [1.165, 1.54) is 0 Å². The largest absolute Gasteiger partial charge is 0.365 e. The summed E-state index contributed by atoms with van der Waals surface area (Å²) in [6.45, 7) is 19.3. The van der Waals surface area contributed by atoms with E-state index in [1.807, 2.05) is 0 Å². The molecular formula is C10H27N2Si4. The standard InChI is InChI=1S/C10H27N2Si4/c1-9(2)12(10(3)4)16(7,8)15(5,6)11-14-13/h9-11H,1-8H3. The summed E-state index contributed by atoms with van der Waals surface area (Å²) >= 11 is 0. The van der Waals surface area contributed by atoms with Crippen molar-refractivity contribution in [3.8, 4) is 0 Å². The zero-order chi connectivity index (χ0) is 13.1. The molecule has 2 nitrogen and oxygen atoms in total. The Morgan fingerprint density at radius 1 is 1.00 bits per heavy atom.